The summed E-state index contributed by atoms with van der Waals surface area (Å²) in [7, 11) is 0. The van der Waals surface area contributed by atoms with Gasteiger partial charge in [-0.25, -0.2) is 4.79 Å². The van der Waals surface area contributed by atoms with Gasteiger partial charge in [0.1, 0.15) is 0 Å². The first-order valence-electron chi connectivity index (χ1n) is 5.17. The van der Waals surface area contributed by atoms with E-state index in [1.807, 2.05) is 26.0 Å². The molecule has 0 saturated carbocycles. The minimum Gasteiger partial charge on any atom is -0.478 e. The van der Waals surface area contributed by atoms with Crippen LogP contribution >= 0.6 is 15.9 Å². The number of aryl methyl sites for hydroxylation is 1. The third-order valence-electron chi connectivity index (χ3n) is 2.47. The Morgan fingerprint density at radius 3 is 2.62 bits per heavy atom. The van der Waals surface area contributed by atoms with Gasteiger partial charge in [-0.15, -0.1) is 0 Å². The number of rotatable bonds is 4. The summed E-state index contributed by atoms with van der Waals surface area (Å²) in [6, 6.07) is 6.09. The Kier molecular flexibility index (Phi) is 4.74. The van der Waals surface area contributed by atoms with Crippen molar-refractivity contribution in [2.75, 3.05) is 0 Å². The van der Waals surface area contributed by atoms with Gasteiger partial charge in [0.2, 0.25) is 0 Å². The van der Waals surface area contributed by atoms with Gasteiger partial charge < -0.3 is 5.11 Å². The lowest BCUT2D eigenvalue weighted by Crippen LogP contribution is -1.95. The van der Waals surface area contributed by atoms with Crippen LogP contribution < -0.4 is 0 Å². The van der Waals surface area contributed by atoms with E-state index in [-0.39, 0.29) is 0 Å². The van der Waals surface area contributed by atoms with Crippen molar-refractivity contribution < 1.29 is 9.90 Å². The predicted molar refractivity (Wildman–Crippen MR) is 69.7 cm³/mol. The van der Waals surface area contributed by atoms with Crippen molar-refractivity contribution in [2.45, 2.75) is 25.6 Å². The van der Waals surface area contributed by atoms with Gasteiger partial charge in [0.25, 0.3) is 0 Å². The van der Waals surface area contributed by atoms with Crippen molar-refractivity contribution in [3.8, 4) is 0 Å². The van der Waals surface area contributed by atoms with E-state index in [4.69, 9.17) is 5.11 Å². The molecule has 1 N–H and O–H groups in total. The summed E-state index contributed by atoms with van der Waals surface area (Å²) in [6.45, 7) is 3.97. The van der Waals surface area contributed by atoms with Crippen LogP contribution in [0, 0.1) is 6.92 Å². The Hall–Kier alpha value is -1.09. The number of aliphatic carboxylic acids is 1. The van der Waals surface area contributed by atoms with Crippen LogP contribution in [0.3, 0.4) is 0 Å². The summed E-state index contributed by atoms with van der Waals surface area (Å²) in [5.74, 6) is -0.888. The lowest BCUT2D eigenvalue weighted by Gasteiger charge is -2.09. The van der Waals surface area contributed by atoms with Gasteiger partial charge in [-0.1, -0.05) is 41.1 Å². The Labute approximate surface area is 104 Å². The average Bonchev–Trinajstić information content (AvgIpc) is 2.25. The van der Waals surface area contributed by atoms with Crippen LogP contribution in [0.15, 0.2) is 24.3 Å². The molecule has 86 valence electrons. The highest BCUT2D eigenvalue weighted by molar-refractivity contribution is 9.08. The van der Waals surface area contributed by atoms with Gasteiger partial charge in [-0.2, -0.15) is 0 Å². The number of carboxylic acid groups (broad SMARTS) is 1. The average molecular weight is 283 g/mol. The molecule has 16 heavy (non-hydrogen) atoms. The van der Waals surface area contributed by atoms with Crippen LogP contribution in [0.2, 0.25) is 0 Å². The lowest BCUT2D eigenvalue weighted by molar-refractivity contribution is -0.131. The molecule has 3 heteroatoms. The van der Waals surface area contributed by atoms with Gasteiger partial charge in [0.05, 0.1) is 0 Å². The third kappa shape index (κ3) is 3.20. The summed E-state index contributed by atoms with van der Waals surface area (Å²) in [4.78, 5) is 10.7. The first-order valence-corrected chi connectivity index (χ1v) is 6.30. The fraction of sp³-hybridized carbons (Fsp3) is 0.308. The molecule has 0 aliphatic heterocycles. The molecular weight excluding hydrogens is 268 g/mol. The maximum atomic E-state index is 10.7. The maximum Gasteiger partial charge on any atom is 0.328 e. The van der Waals surface area contributed by atoms with Crippen molar-refractivity contribution in [1.29, 1.82) is 0 Å². The summed E-state index contributed by atoms with van der Waals surface area (Å²) in [5.41, 5.74) is 4.21. The predicted octanol–water partition coefficient (Wildman–Crippen LogP) is 3.77. The number of alkyl halides is 1. The SMILES string of the molecule is CC/C(=C\C(=O)O)c1ccc(CBr)cc1C. The van der Waals surface area contributed by atoms with E-state index in [0.717, 1.165) is 28.5 Å². The molecule has 1 rings (SSSR count). The van der Waals surface area contributed by atoms with E-state index in [2.05, 4.69) is 22.0 Å². The topological polar surface area (TPSA) is 37.3 Å². The smallest absolute Gasteiger partial charge is 0.328 e. The fourth-order valence-corrected chi connectivity index (χ4v) is 2.04. The Bertz CT molecular complexity index is 422. The van der Waals surface area contributed by atoms with E-state index >= 15 is 0 Å². The molecule has 0 saturated heterocycles. The molecule has 1 aromatic carbocycles. The summed E-state index contributed by atoms with van der Waals surface area (Å²) in [6.07, 6.45) is 2.01. The van der Waals surface area contributed by atoms with Crippen molar-refractivity contribution >= 4 is 27.5 Å². The lowest BCUT2D eigenvalue weighted by atomic mass is 9.97. The monoisotopic (exact) mass is 282 g/mol. The fourth-order valence-electron chi connectivity index (χ4n) is 1.69. The van der Waals surface area contributed by atoms with Crippen LogP contribution in [-0.4, -0.2) is 11.1 Å². The van der Waals surface area contributed by atoms with Crippen LogP contribution in [0.4, 0.5) is 0 Å². The number of hydrogen-bond acceptors (Lipinski definition) is 1. The van der Waals surface area contributed by atoms with Crippen LogP contribution in [-0.2, 0) is 10.1 Å². The Balaban J connectivity index is 3.16. The molecule has 0 heterocycles. The van der Waals surface area contributed by atoms with Crippen molar-refractivity contribution in [2.24, 2.45) is 0 Å². The molecule has 0 aliphatic carbocycles. The highest BCUT2D eigenvalue weighted by atomic mass is 79.9. The zero-order chi connectivity index (χ0) is 12.1. The Morgan fingerprint density at radius 2 is 2.19 bits per heavy atom. The molecule has 0 spiro atoms. The molecule has 0 aliphatic rings. The number of halogens is 1. The molecule has 0 fully saturated rings. The van der Waals surface area contributed by atoms with Gasteiger partial charge in [-0.3, -0.25) is 0 Å². The zero-order valence-corrected chi connectivity index (χ0v) is 11.0. The van der Waals surface area contributed by atoms with Gasteiger partial charge >= 0.3 is 5.97 Å². The minimum absolute atomic E-state index is 0.723. The van der Waals surface area contributed by atoms with Gasteiger partial charge in [0, 0.05) is 11.4 Å². The van der Waals surface area contributed by atoms with E-state index in [1.165, 1.54) is 11.6 Å². The van der Waals surface area contributed by atoms with Crippen molar-refractivity contribution in [1.82, 2.24) is 0 Å². The number of carboxylic acids is 1. The van der Waals surface area contributed by atoms with Crippen LogP contribution in [0.25, 0.3) is 5.57 Å². The molecule has 0 aromatic heterocycles. The van der Waals surface area contributed by atoms with Gasteiger partial charge in [-0.05, 0) is 35.6 Å². The first kappa shape index (κ1) is 13.0. The second-order valence-corrected chi connectivity index (χ2v) is 4.21. The molecule has 0 unspecified atom stereocenters. The number of allylic oxidation sites excluding steroid dienone is 1. The number of carbonyl (C=O) groups is 1. The number of benzene rings is 1. The molecule has 0 radical (unpaired) electrons. The summed E-state index contributed by atoms with van der Waals surface area (Å²) < 4.78 is 0. The first-order chi connectivity index (χ1) is 7.58. The van der Waals surface area contributed by atoms with E-state index in [1.54, 1.807) is 0 Å². The van der Waals surface area contributed by atoms with Crippen molar-refractivity contribution in [3.05, 3.63) is 41.0 Å². The van der Waals surface area contributed by atoms with Gasteiger partial charge in [0.15, 0.2) is 0 Å². The maximum absolute atomic E-state index is 10.7. The highest BCUT2D eigenvalue weighted by Gasteiger charge is 2.06. The summed E-state index contributed by atoms with van der Waals surface area (Å²) >= 11 is 3.40. The van der Waals surface area contributed by atoms with Crippen LogP contribution in [0.5, 0.6) is 0 Å². The molecule has 0 atom stereocenters. The van der Waals surface area contributed by atoms with E-state index in [0.29, 0.717) is 0 Å². The van der Waals surface area contributed by atoms with Crippen LogP contribution in [0.1, 0.15) is 30.0 Å². The largest absolute Gasteiger partial charge is 0.478 e. The zero-order valence-electron chi connectivity index (χ0n) is 9.46. The Morgan fingerprint density at radius 1 is 1.50 bits per heavy atom. The third-order valence-corrected chi connectivity index (χ3v) is 3.12. The second-order valence-electron chi connectivity index (χ2n) is 3.64. The van der Waals surface area contributed by atoms with Crippen molar-refractivity contribution in [3.63, 3.8) is 0 Å². The summed E-state index contributed by atoms with van der Waals surface area (Å²) in [5, 5.41) is 9.60. The molecule has 2 nitrogen and oxygen atoms in total. The molecule has 0 bridgehead atoms. The molecular formula is C13H15BrO2. The standard InChI is InChI=1S/C13H15BrO2/c1-3-11(7-13(15)16)12-5-4-10(8-14)6-9(12)2/h4-7H,3,8H2,1-2H3,(H,15,16)/b11-7+. The number of hydrogen-bond donors (Lipinski definition) is 1. The minimum atomic E-state index is -0.888. The molecule has 1 aromatic rings. The van der Waals surface area contributed by atoms with E-state index < -0.39 is 5.97 Å². The highest BCUT2D eigenvalue weighted by Crippen LogP contribution is 2.23. The normalized spacial score (nSPS) is 11.6. The second kappa shape index (κ2) is 5.85. The quantitative estimate of drug-likeness (QED) is 0.674. The van der Waals surface area contributed by atoms with E-state index in [9.17, 15) is 4.79 Å². The molecule has 0 amide bonds.